The van der Waals surface area contributed by atoms with Crippen molar-refractivity contribution in [3.05, 3.63) is 0 Å². The summed E-state index contributed by atoms with van der Waals surface area (Å²) in [6, 6.07) is 0. The molecule has 1 nitrogen and oxygen atoms in total. The summed E-state index contributed by atoms with van der Waals surface area (Å²) in [5, 5.41) is 0. The van der Waals surface area contributed by atoms with Gasteiger partial charge in [0.25, 0.3) is 0 Å². The molecule has 0 unspecified atom stereocenters. The molecule has 0 aliphatic rings. The Hall–Kier alpha value is -0.263. The van der Waals surface area contributed by atoms with Crippen molar-refractivity contribution in [2.75, 3.05) is 6.61 Å². The van der Waals surface area contributed by atoms with Gasteiger partial charge in [0.1, 0.15) is 8.07 Å². The lowest BCUT2D eigenvalue weighted by Crippen LogP contribution is -2.25. The Kier molecular flexibility index (Phi) is 5.79. The van der Waals surface area contributed by atoms with Gasteiger partial charge < -0.3 is 4.74 Å². The third-order valence-corrected chi connectivity index (χ3v) is 3.20. The molecule has 2 heteroatoms. The second-order valence-corrected chi connectivity index (χ2v) is 11.5. The van der Waals surface area contributed by atoms with Gasteiger partial charge in [0.2, 0.25) is 0 Å². The Bertz CT molecular complexity index is 259. The maximum Gasteiger partial charge on any atom is 0.129 e. The van der Waals surface area contributed by atoms with E-state index in [1.165, 1.54) is 0 Å². The standard InChI is InChI=1S/C14H28OSi/c1-12(9-10-16(6,7)8)13(2)11-15-14(3,4)5/h12-13H,11H2,1-8H3/t12-,13+/m1/s1. The number of hydrogen-bond donors (Lipinski definition) is 0. The van der Waals surface area contributed by atoms with Crippen molar-refractivity contribution in [1.82, 2.24) is 0 Å². The molecule has 0 saturated heterocycles. The molecule has 0 aliphatic heterocycles. The van der Waals surface area contributed by atoms with E-state index in [1.54, 1.807) is 0 Å². The van der Waals surface area contributed by atoms with Gasteiger partial charge in [-0.2, -0.15) is 0 Å². The van der Waals surface area contributed by atoms with E-state index in [2.05, 4.69) is 65.7 Å². The summed E-state index contributed by atoms with van der Waals surface area (Å²) in [5.41, 5.74) is 3.39. The van der Waals surface area contributed by atoms with Gasteiger partial charge in [-0.05, 0) is 26.7 Å². The summed E-state index contributed by atoms with van der Waals surface area (Å²) >= 11 is 0. The summed E-state index contributed by atoms with van der Waals surface area (Å²) in [4.78, 5) is 0. The van der Waals surface area contributed by atoms with Crippen LogP contribution in [0.3, 0.4) is 0 Å². The van der Waals surface area contributed by atoms with Crippen LogP contribution in [-0.4, -0.2) is 20.3 Å². The molecule has 0 aliphatic carbocycles. The lowest BCUT2D eigenvalue weighted by molar-refractivity contribution is -0.0239. The Morgan fingerprint density at radius 1 is 1.12 bits per heavy atom. The van der Waals surface area contributed by atoms with Gasteiger partial charge in [0, 0.05) is 5.92 Å². The van der Waals surface area contributed by atoms with Crippen molar-refractivity contribution in [2.24, 2.45) is 11.8 Å². The summed E-state index contributed by atoms with van der Waals surface area (Å²) in [6.45, 7) is 18.3. The van der Waals surface area contributed by atoms with E-state index in [-0.39, 0.29) is 5.60 Å². The maximum atomic E-state index is 5.79. The molecule has 2 atom stereocenters. The first-order valence-electron chi connectivity index (χ1n) is 6.18. The SMILES string of the molecule is C[C@H](C#C[Si](C)(C)C)[C@@H](C)COC(C)(C)C. The van der Waals surface area contributed by atoms with Crippen molar-refractivity contribution in [1.29, 1.82) is 0 Å². The van der Waals surface area contributed by atoms with Crippen molar-refractivity contribution < 1.29 is 4.74 Å². The highest BCUT2D eigenvalue weighted by atomic mass is 28.3. The Balaban J connectivity index is 4.18. The van der Waals surface area contributed by atoms with Gasteiger partial charge in [0.05, 0.1) is 12.2 Å². The quantitative estimate of drug-likeness (QED) is 0.536. The smallest absolute Gasteiger partial charge is 0.129 e. The van der Waals surface area contributed by atoms with Crippen LogP contribution < -0.4 is 0 Å². The fraction of sp³-hybridized carbons (Fsp3) is 0.857. The molecule has 0 bridgehead atoms. The second-order valence-electron chi connectivity index (χ2n) is 6.71. The summed E-state index contributed by atoms with van der Waals surface area (Å²) in [5.74, 6) is 4.32. The molecule has 0 rings (SSSR count). The minimum atomic E-state index is -1.23. The van der Waals surface area contributed by atoms with Crippen molar-refractivity contribution in [2.45, 2.75) is 59.9 Å². The highest BCUT2D eigenvalue weighted by Crippen LogP contribution is 2.15. The van der Waals surface area contributed by atoms with Crippen LogP contribution in [0.15, 0.2) is 0 Å². The molecular weight excluding hydrogens is 212 g/mol. The average Bonchev–Trinajstić information content (AvgIpc) is 2.07. The van der Waals surface area contributed by atoms with Crippen LogP contribution >= 0.6 is 0 Å². The summed E-state index contributed by atoms with van der Waals surface area (Å²) in [7, 11) is -1.23. The molecule has 0 N–H and O–H groups in total. The largest absolute Gasteiger partial charge is 0.376 e. The number of hydrogen-bond acceptors (Lipinski definition) is 1. The van der Waals surface area contributed by atoms with E-state index in [0.29, 0.717) is 11.8 Å². The minimum absolute atomic E-state index is 0.0415. The highest BCUT2D eigenvalue weighted by Gasteiger charge is 2.16. The molecule has 0 fully saturated rings. The molecule has 0 aromatic heterocycles. The Morgan fingerprint density at radius 3 is 2.00 bits per heavy atom. The van der Waals surface area contributed by atoms with E-state index in [9.17, 15) is 0 Å². The normalized spacial score (nSPS) is 16.2. The Morgan fingerprint density at radius 2 is 1.62 bits per heavy atom. The third kappa shape index (κ3) is 9.00. The van der Waals surface area contributed by atoms with Crippen molar-refractivity contribution in [3.8, 4) is 11.5 Å². The van der Waals surface area contributed by atoms with Crippen LogP contribution in [0.5, 0.6) is 0 Å². The zero-order chi connectivity index (χ0) is 13.0. The molecular formula is C14H28OSi. The summed E-state index contributed by atoms with van der Waals surface area (Å²) < 4.78 is 5.79. The molecule has 0 amide bonds. The van der Waals surface area contributed by atoms with Gasteiger partial charge >= 0.3 is 0 Å². The number of rotatable bonds is 3. The number of ether oxygens (including phenoxy) is 1. The van der Waals surface area contributed by atoms with Crippen LogP contribution in [0.1, 0.15) is 34.6 Å². The first-order chi connectivity index (χ1) is 7.01. The zero-order valence-corrected chi connectivity index (χ0v) is 13.3. The van der Waals surface area contributed by atoms with E-state index in [1.807, 2.05) is 0 Å². The predicted octanol–water partition coefficient (Wildman–Crippen LogP) is 3.95. The molecule has 0 aromatic rings. The van der Waals surface area contributed by atoms with Crippen molar-refractivity contribution in [3.63, 3.8) is 0 Å². The van der Waals surface area contributed by atoms with E-state index >= 15 is 0 Å². The third-order valence-electron chi connectivity index (χ3n) is 2.31. The fourth-order valence-electron chi connectivity index (χ4n) is 0.998. The minimum Gasteiger partial charge on any atom is -0.376 e. The average molecular weight is 240 g/mol. The lowest BCUT2D eigenvalue weighted by Gasteiger charge is -2.24. The lowest BCUT2D eigenvalue weighted by atomic mass is 9.98. The first-order valence-corrected chi connectivity index (χ1v) is 9.68. The van der Waals surface area contributed by atoms with E-state index in [0.717, 1.165) is 6.61 Å². The van der Waals surface area contributed by atoms with Crippen LogP contribution in [0, 0.1) is 23.3 Å². The van der Waals surface area contributed by atoms with E-state index in [4.69, 9.17) is 4.74 Å². The van der Waals surface area contributed by atoms with E-state index < -0.39 is 8.07 Å². The molecule has 0 saturated carbocycles. The predicted molar refractivity (Wildman–Crippen MR) is 75.2 cm³/mol. The van der Waals surface area contributed by atoms with Crippen molar-refractivity contribution >= 4 is 8.07 Å². The van der Waals surface area contributed by atoms with Gasteiger partial charge in [0.15, 0.2) is 0 Å². The molecule has 0 heterocycles. The van der Waals surface area contributed by atoms with Crippen LogP contribution in [0.4, 0.5) is 0 Å². The fourth-order valence-corrected chi connectivity index (χ4v) is 1.66. The van der Waals surface area contributed by atoms with Gasteiger partial charge in [-0.1, -0.05) is 33.5 Å². The van der Waals surface area contributed by atoms with Gasteiger partial charge in [-0.25, -0.2) is 0 Å². The Labute approximate surface area is 103 Å². The molecule has 0 aromatic carbocycles. The topological polar surface area (TPSA) is 9.23 Å². The molecule has 16 heavy (non-hydrogen) atoms. The first kappa shape index (κ1) is 15.7. The van der Waals surface area contributed by atoms with Crippen LogP contribution in [-0.2, 0) is 4.74 Å². The zero-order valence-electron chi connectivity index (χ0n) is 12.3. The van der Waals surface area contributed by atoms with Gasteiger partial charge in [-0.15, -0.1) is 11.5 Å². The highest BCUT2D eigenvalue weighted by molar-refractivity contribution is 6.83. The maximum absolute atomic E-state index is 5.79. The van der Waals surface area contributed by atoms with Crippen LogP contribution in [0.25, 0.3) is 0 Å². The monoisotopic (exact) mass is 240 g/mol. The van der Waals surface area contributed by atoms with Gasteiger partial charge in [-0.3, -0.25) is 0 Å². The molecule has 94 valence electrons. The molecule has 0 radical (unpaired) electrons. The summed E-state index contributed by atoms with van der Waals surface area (Å²) in [6.07, 6.45) is 0. The van der Waals surface area contributed by atoms with Crippen LogP contribution in [0.2, 0.25) is 19.6 Å². The second kappa shape index (κ2) is 5.89. The molecule has 0 spiro atoms.